The molecule has 0 unspecified atom stereocenters. The van der Waals surface area contributed by atoms with Gasteiger partial charge in [-0.15, -0.1) is 0 Å². The first-order chi connectivity index (χ1) is 16.4. The summed E-state index contributed by atoms with van der Waals surface area (Å²) < 4.78 is 21.4. The van der Waals surface area contributed by atoms with Gasteiger partial charge in [0.1, 0.15) is 5.75 Å². The molecule has 9 heteroatoms. The molecule has 3 aromatic carbocycles. The molecule has 1 aliphatic rings. The minimum absolute atomic E-state index is 0.0693. The van der Waals surface area contributed by atoms with Crippen LogP contribution in [0.1, 0.15) is 21.5 Å². The molecular weight excluding hydrogens is 481 g/mol. The van der Waals surface area contributed by atoms with Crippen molar-refractivity contribution in [3.05, 3.63) is 93.1 Å². The minimum atomic E-state index is -0.634. The number of aliphatic imine (C=N–C) groups is 1. The molecule has 7 nitrogen and oxygen atoms in total. The second-order valence-corrected chi connectivity index (χ2v) is 7.80. The fraction of sp³-hybridized carbons (Fsp3) is 0.0800. The van der Waals surface area contributed by atoms with Crippen molar-refractivity contribution < 1.29 is 28.5 Å². The van der Waals surface area contributed by atoms with Gasteiger partial charge in [0.15, 0.2) is 17.2 Å². The monoisotopic (exact) mass is 497 g/mol. The predicted octanol–water partition coefficient (Wildman–Crippen LogP) is 5.57. The number of benzene rings is 3. The second-order valence-electron chi connectivity index (χ2n) is 6.96. The SMILES string of the molecule is COc1cc(/C=C2\N=C(c3cc(Cl)ccc3OC)OC2=O)ccc1OC(=O)c1ccccc1Cl. The third-order valence-corrected chi connectivity index (χ3v) is 5.36. The first-order valence-electron chi connectivity index (χ1n) is 9.91. The Labute approximate surface area is 205 Å². The lowest BCUT2D eigenvalue weighted by molar-refractivity contribution is -0.129. The maximum Gasteiger partial charge on any atom is 0.363 e. The highest BCUT2D eigenvalue weighted by Gasteiger charge is 2.27. The van der Waals surface area contributed by atoms with Crippen LogP contribution in [-0.4, -0.2) is 32.1 Å². The molecule has 0 saturated heterocycles. The van der Waals surface area contributed by atoms with Crippen molar-refractivity contribution in [2.24, 2.45) is 4.99 Å². The topological polar surface area (TPSA) is 83.4 Å². The molecule has 0 atom stereocenters. The van der Waals surface area contributed by atoms with E-state index in [9.17, 15) is 9.59 Å². The Morgan fingerprint density at radius 3 is 2.41 bits per heavy atom. The number of methoxy groups -OCH3 is 2. The van der Waals surface area contributed by atoms with Gasteiger partial charge in [0.25, 0.3) is 0 Å². The number of hydrogen-bond acceptors (Lipinski definition) is 7. The van der Waals surface area contributed by atoms with Crippen LogP contribution < -0.4 is 14.2 Å². The molecule has 0 bridgehead atoms. The summed E-state index contributed by atoms with van der Waals surface area (Å²) in [5.41, 5.74) is 1.32. The van der Waals surface area contributed by atoms with Gasteiger partial charge in [0.2, 0.25) is 5.90 Å². The van der Waals surface area contributed by atoms with Crippen molar-refractivity contribution in [1.29, 1.82) is 0 Å². The number of carbonyl (C=O) groups is 2. The zero-order valence-corrected chi connectivity index (χ0v) is 19.5. The number of rotatable bonds is 6. The Kier molecular flexibility index (Phi) is 6.86. The summed E-state index contributed by atoms with van der Waals surface area (Å²) in [6.07, 6.45) is 1.52. The maximum atomic E-state index is 12.5. The Morgan fingerprint density at radius 1 is 0.941 bits per heavy atom. The lowest BCUT2D eigenvalue weighted by Crippen LogP contribution is -2.09. The highest BCUT2D eigenvalue weighted by Crippen LogP contribution is 2.32. The van der Waals surface area contributed by atoms with Crippen LogP contribution in [0.2, 0.25) is 10.0 Å². The van der Waals surface area contributed by atoms with Crippen molar-refractivity contribution in [1.82, 2.24) is 0 Å². The zero-order valence-electron chi connectivity index (χ0n) is 18.0. The van der Waals surface area contributed by atoms with E-state index in [0.29, 0.717) is 21.9 Å². The normalized spacial score (nSPS) is 13.9. The lowest BCUT2D eigenvalue weighted by atomic mass is 10.1. The first-order valence-corrected chi connectivity index (χ1v) is 10.7. The van der Waals surface area contributed by atoms with E-state index >= 15 is 0 Å². The van der Waals surface area contributed by atoms with Gasteiger partial charge in [-0.25, -0.2) is 14.6 Å². The van der Waals surface area contributed by atoms with E-state index < -0.39 is 11.9 Å². The van der Waals surface area contributed by atoms with E-state index in [1.54, 1.807) is 60.7 Å². The number of hydrogen-bond donors (Lipinski definition) is 0. The molecule has 0 aromatic heterocycles. The molecule has 0 N–H and O–H groups in total. The molecule has 0 radical (unpaired) electrons. The zero-order chi connectivity index (χ0) is 24.2. The second kappa shape index (κ2) is 9.99. The fourth-order valence-corrected chi connectivity index (χ4v) is 3.55. The highest BCUT2D eigenvalue weighted by atomic mass is 35.5. The molecule has 3 aromatic rings. The van der Waals surface area contributed by atoms with Gasteiger partial charge in [-0.05, 0) is 54.1 Å². The van der Waals surface area contributed by atoms with E-state index in [-0.39, 0.29) is 33.7 Å². The first kappa shape index (κ1) is 23.4. The number of halogens is 2. The van der Waals surface area contributed by atoms with Crippen LogP contribution in [0.3, 0.4) is 0 Å². The van der Waals surface area contributed by atoms with Crippen molar-refractivity contribution in [3.8, 4) is 17.2 Å². The van der Waals surface area contributed by atoms with E-state index in [2.05, 4.69) is 4.99 Å². The van der Waals surface area contributed by atoms with E-state index in [4.69, 9.17) is 42.1 Å². The van der Waals surface area contributed by atoms with Gasteiger partial charge >= 0.3 is 11.9 Å². The summed E-state index contributed by atoms with van der Waals surface area (Å²) in [4.78, 5) is 29.2. The number of cyclic esters (lactones) is 1. The van der Waals surface area contributed by atoms with Crippen LogP contribution >= 0.6 is 23.2 Å². The van der Waals surface area contributed by atoms with E-state index in [1.807, 2.05) is 0 Å². The number of ether oxygens (including phenoxy) is 4. The average molecular weight is 498 g/mol. The summed E-state index contributed by atoms with van der Waals surface area (Å²) in [5.74, 6) is -0.251. The molecule has 0 saturated carbocycles. The van der Waals surface area contributed by atoms with Gasteiger partial charge in [-0.3, -0.25) is 0 Å². The van der Waals surface area contributed by atoms with Crippen LogP contribution in [0.25, 0.3) is 6.08 Å². The average Bonchev–Trinajstić information content (AvgIpc) is 3.20. The Bertz CT molecular complexity index is 1350. The van der Waals surface area contributed by atoms with E-state index in [1.165, 1.54) is 20.3 Å². The predicted molar refractivity (Wildman–Crippen MR) is 128 cm³/mol. The smallest absolute Gasteiger partial charge is 0.363 e. The molecule has 34 heavy (non-hydrogen) atoms. The van der Waals surface area contributed by atoms with Crippen LogP contribution in [0.5, 0.6) is 17.2 Å². The number of carbonyl (C=O) groups excluding carboxylic acids is 2. The van der Waals surface area contributed by atoms with Crippen molar-refractivity contribution in [2.45, 2.75) is 0 Å². The molecule has 0 amide bonds. The van der Waals surface area contributed by atoms with Gasteiger partial charge in [-0.2, -0.15) is 0 Å². The number of nitrogens with zero attached hydrogens (tertiary/aromatic N) is 1. The molecule has 0 fully saturated rings. The highest BCUT2D eigenvalue weighted by molar-refractivity contribution is 6.33. The standard InChI is InChI=1S/C25H17Cl2NO6/c1-31-20-10-8-15(26)13-17(20)23-28-19(25(30)34-23)11-14-7-9-21(22(12-14)32-2)33-24(29)16-5-3-4-6-18(16)27/h3-13H,1-2H3/b19-11-. The molecule has 4 rings (SSSR count). The maximum absolute atomic E-state index is 12.5. The van der Waals surface area contributed by atoms with Gasteiger partial charge in [0, 0.05) is 5.02 Å². The Balaban J connectivity index is 1.61. The molecule has 172 valence electrons. The Hall–Kier alpha value is -3.81. The van der Waals surface area contributed by atoms with Gasteiger partial charge < -0.3 is 18.9 Å². The molecular formula is C25H17Cl2NO6. The van der Waals surface area contributed by atoms with Crippen molar-refractivity contribution in [2.75, 3.05) is 14.2 Å². The van der Waals surface area contributed by atoms with E-state index in [0.717, 1.165) is 0 Å². The molecule has 1 heterocycles. The van der Waals surface area contributed by atoms with Crippen LogP contribution in [0.4, 0.5) is 0 Å². The van der Waals surface area contributed by atoms with Gasteiger partial charge in [0.05, 0.1) is 30.4 Å². The summed E-state index contributed by atoms with van der Waals surface area (Å²) in [6.45, 7) is 0. The number of esters is 2. The minimum Gasteiger partial charge on any atom is -0.496 e. The van der Waals surface area contributed by atoms with Crippen LogP contribution in [0.15, 0.2) is 71.4 Å². The third kappa shape index (κ3) is 4.90. The van der Waals surface area contributed by atoms with Crippen LogP contribution in [-0.2, 0) is 9.53 Å². The van der Waals surface area contributed by atoms with Crippen LogP contribution in [0, 0.1) is 0 Å². The Morgan fingerprint density at radius 2 is 1.68 bits per heavy atom. The quantitative estimate of drug-likeness (QED) is 0.251. The summed E-state index contributed by atoms with van der Waals surface area (Å²) in [7, 11) is 2.93. The summed E-state index contributed by atoms with van der Waals surface area (Å²) >= 11 is 12.1. The summed E-state index contributed by atoms with van der Waals surface area (Å²) in [5, 5.41) is 0.719. The largest absolute Gasteiger partial charge is 0.496 e. The fourth-order valence-electron chi connectivity index (χ4n) is 3.17. The van der Waals surface area contributed by atoms with Crippen molar-refractivity contribution >= 4 is 47.1 Å². The molecule has 1 aliphatic heterocycles. The third-order valence-electron chi connectivity index (χ3n) is 4.80. The van der Waals surface area contributed by atoms with Crippen molar-refractivity contribution in [3.63, 3.8) is 0 Å². The molecule has 0 aliphatic carbocycles. The summed E-state index contributed by atoms with van der Waals surface area (Å²) in [6, 6.07) is 16.3. The molecule has 0 spiro atoms. The lowest BCUT2D eigenvalue weighted by Gasteiger charge is -2.10. The van der Waals surface area contributed by atoms with Gasteiger partial charge in [-0.1, -0.05) is 41.4 Å².